The minimum absolute atomic E-state index is 0.211. The second kappa shape index (κ2) is 7.29. The summed E-state index contributed by atoms with van der Waals surface area (Å²) < 4.78 is 5.40. The van der Waals surface area contributed by atoms with Crippen LogP contribution in [0.25, 0.3) is 0 Å². The lowest BCUT2D eigenvalue weighted by molar-refractivity contribution is 0.0288. The normalized spacial score (nSPS) is 18.5. The molecule has 1 saturated heterocycles. The molecule has 5 nitrogen and oxygen atoms in total. The van der Waals surface area contributed by atoms with Crippen molar-refractivity contribution < 1.29 is 9.53 Å². The van der Waals surface area contributed by atoms with Crippen molar-refractivity contribution in [2.24, 2.45) is 5.92 Å². The SMILES string of the molecule is CC(C)(C)OC(=O)N1CCC(CNCc2ccc(Cl)nc2)C1. The van der Waals surface area contributed by atoms with E-state index in [1.807, 2.05) is 26.8 Å². The molecule has 22 heavy (non-hydrogen) atoms. The van der Waals surface area contributed by atoms with Gasteiger partial charge in [0.2, 0.25) is 0 Å². The Hall–Kier alpha value is -1.33. The van der Waals surface area contributed by atoms with E-state index in [1.165, 1.54) is 0 Å². The van der Waals surface area contributed by atoms with E-state index in [4.69, 9.17) is 16.3 Å². The Bertz CT molecular complexity index is 499. The Morgan fingerprint density at radius 2 is 2.27 bits per heavy atom. The van der Waals surface area contributed by atoms with E-state index in [9.17, 15) is 4.79 Å². The van der Waals surface area contributed by atoms with Gasteiger partial charge < -0.3 is 15.0 Å². The van der Waals surface area contributed by atoms with Crippen LogP contribution in [0.4, 0.5) is 4.79 Å². The van der Waals surface area contributed by atoms with Crippen LogP contribution in [0.15, 0.2) is 18.3 Å². The summed E-state index contributed by atoms with van der Waals surface area (Å²) in [6, 6.07) is 3.75. The summed E-state index contributed by atoms with van der Waals surface area (Å²) >= 11 is 5.76. The molecule has 2 heterocycles. The van der Waals surface area contributed by atoms with Crippen LogP contribution in [0.1, 0.15) is 32.8 Å². The van der Waals surface area contributed by atoms with Gasteiger partial charge in [0.15, 0.2) is 0 Å². The van der Waals surface area contributed by atoms with Crippen molar-refractivity contribution in [3.05, 3.63) is 29.0 Å². The van der Waals surface area contributed by atoms with Crippen LogP contribution >= 0.6 is 11.6 Å². The van der Waals surface area contributed by atoms with E-state index in [-0.39, 0.29) is 6.09 Å². The van der Waals surface area contributed by atoms with Gasteiger partial charge in [0.1, 0.15) is 10.8 Å². The van der Waals surface area contributed by atoms with E-state index >= 15 is 0 Å². The Labute approximate surface area is 137 Å². The average Bonchev–Trinajstić information content (AvgIpc) is 2.88. The van der Waals surface area contributed by atoms with Crippen molar-refractivity contribution in [1.82, 2.24) is 15.2 Å². The smallest absolute Gasteiger partial charge is 0.410 e. The summed E-state index contributed by atoms with van der Waals surface area (Å²) in [7, 11) is 0. The molecule has 1 aromatic heterocycles. The lowest BCUT2D eigenvalue weighted by Gasteiger charge is -2.24. The van der Waals surface area contributed by atoms with E-state index < -0.39 is 5.60 Å². The van der Waals surface area contributed by atoms with Gasteiger partial charge in [-0.15, -0.1) is 0 Å². The summed E-state index contributed by atoms with van der Waals surface area (Å²) in [6.45, 7) is 8.82. The van der Waals surface area contributed by atoms with Crippen molar-refractivity contribution in [1.29, 1.82) is 0 Å². The van der Waals surface area contributed by atoms with Crippen LogP contribution in [0.3, 0.4) is 0 Å². The molecule has 1 aliphatic heterocycles. The molecule has 0 aliphatic carbocycles. The monoisotopic (exact) mass is 325 g/mol. The number of carbonyl (C=O) groups is 1. The number of nitrogens with one attached hydrogen (secondary N) is 1. The minimum Gasteiger partial charge on any atom is -0.444 e. The fraction of sp³-hybridized carbons (Fsp3) is 0.625. The maximum Gasteiger partial charge on any atom is 0.410 e. The molecule has 2 rings (SSSR count). The van der Waals surface area contributed by atoms with Crippen LogP contribution in [0, 0.1) is 5.92 Å². The highest BCUT2D eigenvalue weighted by molar-refractivity contribution is 6.29. The highest BCUT2D eigenvalue weighted by Crippen LogP contribution is 2.19. The molecule has 0 radical (unpaired) electrons. The van der Waals surface area contributed by atoms with Gasteiger partial charge in [0.05, 0.1) is 0 Å². The fourth-order valence-corrected chi connectivity index (χ4v) is 2.54. The van der Waals surface area contributed by atoms with E-state index in [0.29, 0.717) is 11.1 Å². The summed E-state index contributed by atoms with van der Waals surface area (Å²) in [6.07, 6.45) is 2.57. The highest BCUT2D eigenvalue weighted by Gasteiger charge is 2.29. The quantitative estimate of drug-likeness (QED) is 0.864. The molecule has 1 atom stereocenters. The zero-order chi connectivity index (χ0) is 16.2. The van der Waals surface area contributed by atoms with E-state index in [1.54, 1.807) is 17.2 Å². The van der Waals surface area contributed by atoms with Gasteiger partial charge in [0, 0.05) is 32.4 Å². The zero-order valence-corrected chi connectivity index (χ0v) is 14.2. The highest BCUT2D eigenvalue weighted by atomic mass is 35.5. The third-order valence-electron chi connectivity index (χ3n) is 3.49. The predicted molar refractivity (Wildman–Crippen MR) is 86.9 cm³/mol. The molecular formula is C16H24ClN3O2. The van der Waals surface area contributed by atoms with Gasteiger partial charge in [-0.3, -0.25) is 0 Å². The van der Waals surface area contributed by atoms with Crippen LogP contribution in [-0.4, -0.2) is 41.2 Å². The van der Waals surface area contributed by atoms with Crippen LogP contribution < -0.4 is 5.32 Å². The van der Waals surface area contributed by atoms with Gasteiger partial charge >= 0.3 is 6.09 Å². The Kier molecular flexibility index (Phi) is 5.64. The number of hydrogen-bond acceptors (Lipinski definition) is 4. The number of ether oxygens (including phenoxy) is 1. The minimum atomic E-state index is -0.436. The van der Waals surface area contributed by atoms with Crippen molar-refractivity contribution in [3.8, 4) is 0 Å². The number of nitrogens with zero attached hydrogens (tertiary/aromatic N) is 2. The fourth-order valence-electron chi connectivity index (χ4n) is 2.42. The first kappa shape index (κ1) is 17.0. The molecule has 1 aromatic rings. The lowest BCUT2D eigenvalue weighted by Crippen LogP contribution is -2.36. The largest absolute Gasteiger partial charge is 0.444 e. The van der Waals surface area contributed by atoms with Crippen molar-refractivity contribution in [3.63, 3.8) is 0 Å². The number of aromatic nitrogens is 1. The third-order valence-corrected chi connectivity index (χ3v) is 3.71. The Morgan fingerprint density at radius 1 is 1.50 bits per heavy atom. The number of carbonyl (C=O) groups excluding carboxylic acids is 1. The van der Waals surface area contributed by atoms with Gasteiger partial charge in [-0.2, -0.15) is 0 Å². The molecule has 1 unspecified atom stereocenters. The molecule has 6 heteroatoms. The zero-order valence-electron chi connectivity index (χ0n) is 13.4. The van der Waals surface area contributed by atoms with Crippen molar-refractivity contribution in [2.45, 2.75) is 39.3 Å². The molecular weight excluding hydrogens is 302 g/mol. The number of likely N-dealkylation sites (tertiary alicyclic amines) is 1. The molecule has 1 aliphatic rings. The second-order valence-electron chi connectivity index (χ2n) is 6.70. The Balaban J connectivity index is 1.70. The van der Waals surface area contributed by atoms with E-state index in [0.717, 1.165) is 38.2 Å². The van der Waals surface area contributed by atoms with Gasteiger partial charge in [-0.1, -0.05) is 17.7 Å². The molecule has 0 saturated carbocycles. The number of rotatable bonds is 4. The van der Waals surface area contributed by atoms with Crippen molar-refractivity contribution in [2.75, 3.05) is 19.6 Å². The molecule has 0 aromatic carbocycles. The first-order chi connectivity index (χ1) is 10.3. The molecule has 0 spiro atoms. The molecule has 1 N–H and O–H groups in total. The number of halogens is 1. The lowest BCUT2D eigenvalue weighted by atomic mass is 10.1. The third kappa shape index (κ3) is 5.46. The summed E-state index contributed by atoms with van der Waals surface area (Å²) in [4.78, 5) is 17.8. The van der Waals surface area contributed by atoms with Crippen molar-refractivity contribution >= 4 is 17.7 Å². The topological polar surface area (TPSA) is 54.5 Å². The first-order valence-electron chi connectivity index (χ1n) is 7.62. The first-order valence-corrected chi connectivity index (χ1v) is 8.00. The predicted octanol–water partition coefficient (Wildman–Crippen LogP) is 3.08. The number of amides is 1. The summed E-state index contributed by atoms with van der Waals surface area (Å²) in [5.41, 5.74) is 0.668. The second-order valence-corrected chi connectivity index (χ2v) is 7.09. The molecule has 1 fully saturated rings. The van der Waals surface area contributed by atoms with Crippen LogP contribution in [-0.2, 0) is 11.3 Å². The summed E-state index contributed by atoms with van der Waals surface area (Å²) in [5.74, 6) is 0.466. The van der Waals surface area contributed by atoms with Gasteiger partial charge in [-0.05, 0) is 44.7 Å². The number of pyridine rings is 1. The standard InChI is InChI=1S/C16H24ClN3O2/c1-16(2,3)22-15(21)20-7-6-13(11-20)9-18-8-12-4-5-14(17)19-10-12/h4-5,10,13,18H,6-9,11H2,1-3H3. The van der Waals surface area contributed by atoms with Gasteiger partial charge in [0.25, 0.3) is 0 Å². The molecule has 1 amide bonds. The van der Waals surface area contributed by atoms with Crippen LogP contribution in [0.2, 0.25) is 5.15 Å². The molecule has 122 valence electrons. The average molecular weight is 326 g/mol. The molecule has 0 bridgehead atoms. The van der Waals surface area contributed by atoms with Crippen LogP contribution in [0.5, 0.6) is 0 Å². The van der Waals surface area contributed by atoms with E-state index in [2.05, 4.69) is 10.3 Å². The van der Waals surface area contributed by atoms with Gasteiger partial charge in [-0.25, -0.2) is 9.78 Å². The maximum atomic E-state index is 12.0. The summed E-state index contributed by atoms with van der Waals surface area (Å²) in [5, 5.41) is 3.92. The maximum absolute atomic E-state index is 12.0. The number of hydrogen-bond donors (Lipinski definition) is 1. The Morgan fingerprint density at radius 3 is 2.91 bits per heavy atom.